The molecule has 0 bridgehead atoms. The first-order valence-corrected chi connectivity index (χ1v) is 0.928. The van der Waals surface area contributed by atoms with Gasteiger partial charge in [0, 0.05) is 24.0 Å². The number of aliphatic carboxylic acids is 1. The molecule has 0 amide bonds. The van der Waals surface area contributed by atoms with Crippen LogP contribution in [0.3, 0.4) is 0 Å². The van der Waals surface area contributed by atoms with Crippen molar-refractivity contribution in [2.75, 3.05) is 0 Å². The van der Waals surface area contributed by atoms with Crippen molar-refractivity contribution in [3.8, 4) is 0 Å². The van der Waals surface area contributed by atoms with E-state index in [1.165, 1.54) is 0 Å². The zero-order valence-corrected chi connectivity index (χ0v) is 8.14. The van der Waals surface area contributed by atoms with Crippen LogP contribution in [0.4, 0.5) is 0 Å². The molecule has 0 aliphatic heterocycles. The number of carboxylic acids is 1. The first kappa shape index (κ1) is 24.0. The van der Waals surface area contributed by atoms with Crippen LogP contribution >= 0.6 is 12.4 Å². The Labute approximate surface area is 82.7 Å². The van der Waals surface area contributed by atoms with Gasteiger partial charge < -0.3 is 6.53 Å². The molecule has 0 saturated carbocycles. The van der Waals surface area contributed by atoms with Crippen LogP contribution in [0.2, 0.25) is 0 Å². The smallest absolute Gasteiger partial charge is 1.00 e. The number of hydrogen-bond donors (Lipinski definition) is 1. The summed E-state index contributed by atoms with van der Waals surface area (Å²) in [6.07, 6.45) is 0. The van der Waals surface area contributed by atoms with Gasteiger partial charge in [0.15, 0.2) is 0 Å². The maximum atomic E-state index is 9.00. The minimum absolute atomic E-state index is 0. The van der Waals surface area contributed by atoms with Crippen LogP contribution in [0, 0.1) is 0 Å². The quantitative estimate of drug-likeness (QED) is 0.418. The van der Waals surface area contributed by atoms with Gasteiger partial charge in [0.05, 0.1) is 0 Å². The van der Waals surface area contributed by atoms with E-state index < -0.39 is 5.97 Å². The van der Waals surface area contributed by atoms with E-state index in [1.807, 2.05) is 0 Å². The molecule has 1 N–H and O–H groups in total. The van der Waals surface area contributed by atoms with Gasteiger partial charge in [0.1, 0.15) is 0 Å². The van der Waals surface area contributed by atoms with Crippen molar-refractivity contribution in [3.63, 3.8) is 0 Å². The van der Waals surface area contributed by atoms with Crippen molar-refractivity contribution in [2.24, 2.45) is 0 Å². The Hall–Kier alpha value is 1.28. The summed E-state index contributed by atoms with van der Waals surface area (Å²) in [6, 6.07) is 0. The van der Waals surface area contributed by atoms with Gasteiger partial charge in [-0.15, -0.1) is 12.4 Å². The number of halogens is 1. The second-order valence-corrected chi connectivity index (χ2v) is 0.519. The third-order valence-electron chi connectivity index (χ3n) is 0. The predicted octanol–water partition coefficient (Wildman–Crippen LogP) is -2.37. The van der Waals surface area contributed by atoms with Crippen LogP contribution < -0.4 is 29.6 Å². The number of hydrogen-bond acceptors (Lipinski definition) is 1. The van der Waals surface area contributed by atoms with E-state index in [1.54, 1.807) is 0 Å². The summed E-state index contributed by atoms with van der Waals surface area (Å²) in [5.41, 5.74) is 0. The Morgan fingerprint density at radius 2 is 1.71 bits per heavy atom. The molecule has 5 heteroatoms. The zero-order valence-electron chi connectivity index (χ0n) is 5.14. The molecule has 0 heterocycles. The molecule has 0 aliphatic rings. The fraction of sp³-hybridized carbons (Fsp3) is 0.500. The molecule has 7 heavy (non-hydrogen) atoms. The van der Waals surface area contributed by atoms with E-state index >= 15 is 0 Å². The van der Waals surface area contributed by atoms with E-state index in [-0.39, 0.29) is 60.5 Å². The van der Waals surface area contributed by atoms with E-state index in [9.17, 15) is 0 Å². The van der Waals surface area contributed by atoms with Gasteiger partial charge in [-0.25, -0.2) is 0 Å². The molecule has 0 saturated heterocycles. The largest absolute Gasteiger partial charge is 1.00 e. The normalized spacial score (nSPS) is 3.57. The standard InChI is InChI=1S/C2H4O2.ClH.Mn.Na.H/c1-2(3)4;;;;/h1H3,(H,3,4);1H;;;/q;;;+1;-1. The molecule has 0 aliphatic carbocycles. The second kappa shape index (κ2) is 15.7. The molecular formula is C2H6ClMnNaO2. The second-order valence-electron chi connectivity index (χ2n) is 0.519. The van der Waals surface area contributed by atoms with Gasteiger partial charge in [-0.05, 0) is 0 Å². The van der Waals surface area contributed by atoms with E-state index in [4.69, 9.17) is 9.90 Å². The van der Waals surface area contributed by atoms with Crippen LogP contribution in [0.15, 0.2) is 0 Å². The summed E-state index contributed by atoms with van der Waals surface area (Å²) in [5, 5.41) is 7.42. The van der Waals surface area contributed by atoms with Crippen molar-refractivity contribution < 1.29 is 58.0 Å². The topological polar surface area (TPSA) is 37.3 Å². The molecule has 0 spiro atoms. The van der Waals surface area contributed by atoms with Crippen LogP contribution in [0.25, 0.3) is 0 Å². The molecule has 41 valence electrons. The summed E-state index contributed by atoms with van der Waals surface area (Å²) in [4.78, 5) is 9.00. The van der Waals surface area contributed by atoms with Crippen molar-refractivity contribution in [3.05, 3.63) is 0 Å². The minimum Gasteiger partial charge on any atom is -1.00 e. The molecule has 0 atom stereocenters. The first-order valence-electron chi connectivity index (χ1n) is 0.928. The van der Waals surface area contributed by atoms with Crippen LogP contribution in [0.1, 0.15) is 8.35 Å². The third-order valence-corrected chi connectivity index (χ3v) is 0. The number of carboxylic acid groups (broad SMARTS) is 1. The fourth-order valence-corrected chi connectivity index (χ4v) is 0. The van der Waals surface area contributed by atoms with Crippen molar-refractivity contribution >= 4 is 18.4 Å². The Balaban J connectivity index is -0.00000000750. The monoisotopic (exact) mass is 175 g/mol. The molecule has 0 fully saturated rings. The number of rotatable bonds is 0. The Bertz CT molecular complexity index is 43.0. The van der Waals surface area contributed by atoms with Crippen molar-refractivity contribution in [2.45, 2.75) is 6.92 Å². The molecule has 0 aromatic carbocycles. The predicted molar refractivity (Wildman–Crippen MR) is 21.7 cm³/mol. The van der Waals surface area contributed by atoms with Gasteiger partial charge in [0.25, 0.3) is 5.97 Å². The average molecular weight is 175 g/mol. The van der Waals surface area contributed by atoms with Crippen LogP contribution in [0.5, 0.6) is 0 Å². The number of carbonyl (C=O) groups is 1. The molecule has 0 rings (SSSR count). The Morgan fingerprint density at radius 3 is 1.71 bits per heavy atom. The summed E-state index contributed by atoms with van der Waals surface area (Å²) in [6.45, 7) is 1.08. The van der Waals surface area contributed by atoms with Crippen molar-refractivity contribution in [1.82, 2.24) is 0 Å². The Kier molecular flexibility index (Phi) is 53.6. The van der Waals surface area contributed by atoms with Gasteiger partial charge in [-0.3, -0.25) is 4.79 Å². The molecular weight excluding hydrogens is 169 g/mol. The van der Waals surface area contributed by atoms with Gasteiger partial charge in [-0.1, -0.05) is 0 Å². The van der Waals surface area contributed by atoms with Gasteiger partial charge >= 0.3 is 29.6 Å². The summed E-state index contributed by atoms with van der Waals surface area (Å²) in [7, 11) is 0. The van der Waals surface area contributed by atoms with E-state index in [0.717, 1.165) is 6.92 Å². The van der Waals surface area contributed by atoms with Crippen LogP contribution in [-0.2, 0) is 21.9 Å². The minimum atomic E-state index is -0.833. The average Bonchev–Trinajstić information content (AvgIpc) is 0.811. The first-order chi connectivity index (χ1) is 1.73. The zero-order chi connectivity index (χ0) is 3.58. The maximum absolute atomic E-state index is 9.00. The summed E-state index contributed by atoms with van der Waals surface area (Å²) < 4.78 is 0. The summed E-state index contributed by atoms with van der Waals surface area (Å²) >= 11 is 0. The van der Waals surface area contributed by atoms with Gasteiger partial charge in [0.2, 0.25) is 0 Å². The third kappa shape index (κ3) is 124. The Morgan fingerprint density at radius 1 is 1.71 bits per heavy atom. The fourth-order valence-electron chi connectivity index (χ4n) is 0. The molecule has 1 radical (unpaired) electrons. The summed E-state index contributed by atoms with van der Waals surface area (Å²) in [5.74, 6) is -0.833. The molecule has 2 nitrogen and oxygen atoms in total. The molecule has 0 aromatic rings. The maximum Gasteiger partial charge on any atom is 1.00 e. The van der Waals surface area contributed by atoms with E-state index in [2.05, 4.69) is 0 Å². The van der Waals surface area contributed by atoms with Crippen LogP contribution in [-0.4, -0.2) is 11.1 Å². The SMILES string of the molecule is CC(=O)O.Cl.[H-].[Mn].[Na+]. The molecule has 0 aromatic heterocycles. The van der Waals surface area contributed by atoms with Gasteiger partial charge in [-0.2, -0.15) is 0 Å². The molecule has 0 unspecified atom stereocenters. The van der Waals surface area contributed by atoms with Crippen molar-refractivity contribution in [1.29, 1.82) is 0 Å². The van der Waals surface area contributed by atoms with E-state index in [0.29, 0.717) is 0 Å².